The molecule has 2 heterocycles. The minimum atomic E-state index is -0.209. The molecular formula is C28H32ClN3O5. The first kappa shape index (κ1) is 26.5. The van der Waals surface area contributed by atoms with Crippen LogP contribution in [0.25, 0.3) is 6.08 Å². The van der Waals surface area contributed by atoms with E-state index in [2.05, 4.69) is 5.32 Å². The predicted molar refractivity (Wildman–Crippen MR) is 143 cm³/mol. The highest BCUT2D eigenvalue weighted by Gasteiger charge is 2.42. The lowest BCUT2D eigenvalue weighted by molar-refractivity contribution is -0.125. The van der Waals surface area contributed by atoms with Crippen LogP contribution in [0.5, 0.6) is 11.5 Å². The van der Waals surface area contributed by atoms with E-state index in [0.717, 1.165) is 19.3 Å². The third-order valence-corrected chi connectivity index (χ3v) is 7.46. The van der Waals surface area contributed by atoms with Gasteiger partial charge in [0.15, 0.2) is 0 Å². The number of amides is 3. The number of hydrogen-bond donors (Lipinski definition) is 1. The molecule has 0 aromatic heterocycles. The molecule has 1 N–H and O–H groups in total. The summed E-state index contributed by atoms with van der Waals surface area (Å²) < 4.78 is 10.7. The molecule has 2 aliphatic heterocycles. The third-order valence-electron chi connectivity index (χ3n) is 7.23. The van der Waals surface area contributed by atoms with Crippen molar-refractivity contribution in [2.45, 2.75) is 26.2 Å². The summed E-state index contributed by atoms with van der Waals surface area (Å²) in [6.07, 6.45) is 5.83. The van der Waals surface area contributed by atoms with E-state index in [4.69, 9.17) is 21.1 Å². The average molecular weight is 526 g/mol. The highest BCUT2D eigenvalue weighted by molar-refractivity contribution is 6.31. The van der Waals surface area contributed by atoms with Gasteiger partial charge < -0.3 is 24.6 Å². The highest BCUT2D eigenvalue weighted by Crippen LogP contribution is 2.41. The molecule has 0 aliphatic carbocycles. The van der Waals surface area contributed by atoms with Crippen LogP contribution in [0.1, 0.15) is 42.1 Å². The van der Waals surface area contributed by atoms with Crippen molar-refractivity contribution < 1.29 is 23.9 Å². The number of nitrogens with zero attached hydrogens (tertiary/aromatic N) is 2. The first-order chi connectivity index (χ1) is 17.7. The maximum Gasteiger partial charge on any atom is 0.257 e. The fourth-order valence-corrected chi connectivity index (χ4v) is 5.28. The molecule has 8 nitrogen and oxygen atoms in total. The van der Waals surface area contributed by atoms with E-state index < -0.39 is 0 Å². The molecule has 196 valence electrons. The van der Waals surface area contributed by atoms with Gasteiger partial charge in [0.25, 0.3) is 5.91 Å². The lowest BCUT2D eigenvalue weighted by atomic mass is 9.77. The standard InChI is InChI=1S/C28H32ClN3O5/c1-19(33)30-24-16-21(29)6-4-20(24)5-9-26(34)32-15-12-28(18-32)10-13-31(14-11-28)27(35)23-17-22(36-2)7-8-25(23)37-3/h4-9,16-17H,10-15,18H2,1-3H3,(H,30,33). The van der Waals surface area contributed by atoms with E-state index in [1.807, 2.05) is 9.80 Å². The first-order valence-electron chi connectivity index (χ1n) is 12.3. The predicted octanol–water partition coefficient (Wildman–Crippen LogP) is 4.48. The number of nitrogens with one attached hydrogen (secondary N) is 1. The second-order valence-corrected chi connectivity index (χ2v) is 10.1. The lowest BCUT2D eigenvalue weighted by Crippen LogP contribution is -2.44. The van der Waals surface area contributed by atoms with Crippen molar-refractivity contribution in [2.75, 3.05) is 45.7 Å². The van der Waals surface area contributed by atoms with Crippen molar-refractivity contribution in [3.8, 4) is 11.5 Å². The molecule has 4 rings (SSSR count). The van der Waals surface area contributed by atoms with Crippen molar-refractivity contribution in [3.63, 3.8) is 0 Å². The van der Waals surface area contributed by atoms with E-state index in [1.54, 1.807) is 62.8 Å². The molecule has 0 unspecified atom stereocenters. The van der Waals surface area contributed by atoms with Crippen LogP contribution in [0.3, 0.4) is 0 Å². The minimum Gasteiger partial charge on any atom is -0.497 e. The Bertz CT molecular complexity index is 1220. The number of anilines is 1. The van der Waals surface area contributed by atoms with Gasteiger partial charge in [-0.3, -0.25) is 14.4 Å². The van der Waals surface area contributed by atoms with Crippen molar-refractivity contribution in [1.29, 1.82) is 0 Å². The molecule has 9 heteroatoms. The number of methoxy groups -OCH3 is 2. The molecule has 0 atom stereocenters. The summed E-state index contributed by atoms with van der Waals surface area (Å²) in [5.41, 5.74) is 1.78. The van der Waals surface area contributed by atoms with E-state index in [9.17, 15) is 14.4 Å². The summed E-state index contributed by atoms with van der Waals surface area (Å²) >= 11 is 6.06. The third kappa shape index (κ3) is 6.07. The zero-order valence-electron chi connectivity index (χ0n) is 21.4. The lowest BCUT2D eigenvalue weighted by Gasteiger charge is -2.39. The van der Waals surface area contributed by atoms with Gasteiger partial charge in [-0.05, 0) is 66.6 Å². The molecule has 0 bridgehead atoms. The van der Waals surface area contributed by atoms with Crippen LogP contribution < -0.4 is 14.8 Å². The summed E-state index contributed by atoms with van der Waals surface area (Å²) in [6.45, 7) is 4.03. The van der Waals surface area contributed by atoms with Gasteiger partial charge in [0.2, 0.25) is 11.8 Å². The Morgan fingerprint density at radius 3 is 2.32 bits per heavy atom. The molecule has 2 aliphatic rings. The summed E-state index contributed by atoms with van der Waals surface area (Å²) in [5.74, 6) is 0.785. The SMILES string of the molecule is COc1ccc(OC)c(C(=O)N2CCC3(CCN(C(=O)C=Cc4ccc(Cl)cc4NC(C)=O)C3)CC2)c1. The van der Waals surface area contributed by atoms with Crippen LogP contribution in [0.4, 0.5) is 5.69 Å². The van der Waals surface area contributed by atoms with E-state index in [-0.39, 0.29) is 23.1 Å². The Kier molecular flexibility index (Phi) is 8.07. The van der Waals surface area contributed by atoms with Gasteiger partial charge >= 0.3 is 0 Å². The monoisotopic (exact) mass is 525 g/mol. The number of halogens is 1. The maximum atomic E-state index is 13.2. The molecule has 1 spiro atoms. The largest absolute Gasteiger partial charge is 0.497 e. The van der Waals surface area contributed by atoms with Gasteiger partial charge in [-0.15, -0.1) is 0 Å². The molecule has 2 aromatic carbocycles. The molecule has 3 amide bonds. The zero-order valence-corrected chi connectivity index (χ0v) is 22.1. The quantitative estimate of drug-likeness (QED) is 0.562. The topological polar surface area (TPSA) is 88.2 Å². The van der Waals surface area contributed by atoms with Crippen molar-refractivity contribution in [2.24, 2.45) is 5.41 Å². The van der Waals surface area contributed by atoms with Crippen LogP contribution in [0.15, 0.2) is 42.5 Å². The second kappa shape index (κ2) is 11.3. The van der Waals surface area contributed by atoms with E-state index >= 15 is 0 Å². The van der Waals surface area contributed by atoms with Gasteiger partial charge in [-0.1, -0.05) is 17.7 Å². The number of benzene rings is 2. The number of carbonyl (C=O) groups is 3. The molecule has 2 saturated heterocycles. The number of hydrogen-bond acceptors (Lipinski definition) is 5. The summed E-state index contributed by atoms with van der Waals surface area (Å²) in [6, 6.07) is 10.4. The summed E-state index contributed by atoms with van der Waals surface area (Å²) in [7, 11) is 3.12. The van der Waals surface area contributed by atoms with Gasteiger partial charge in [-0.2, -0.15) is 0 Å². The summed E-state index contributed by atoms with van der Waals surface area (Å²) in [4.78, 5) is 41.4. The normalized spacial score (nSPS) is 16.8. The van der Waals surface area contributed by atoms with Gasteiger partial charge in [-0.25, -0.2) is 0 Å². The van der Waals surface area contributed by atoms with E-state index in [1.165, 1.54) is 6.92 Å². The molecule has 2 fully saturated rings. The van der Waals surface area contributed by atoms with Crippen LogP contribution >= 0.6 is 11.6 Å². The van der Waals surface area contributed by atoms with Gasteiger partial charge in [0.05, 0.1) is 19.8 Å². The zero-order chi connectivity index (χ0) is 26.6. The fraction of sp³-hybridized carbons (Fsp3) is 0.393. The van der Waals surface area contributed by atoms with Crippen LogP contribution in [0.2, 0.25) is 5.02 Å². The molecule has 0 radical (unpaired) electrons. The van der Waals surface area contributed by atoms with Crippen molar-refractivity contribution >= 4 is 41.1 Å². The van der Waals surface area contributed by atoms with E-state index in [0.29, 0.717) is 59.5 Å². The van der Waals surface area contributed by atoms with Crippen LogP contribution in [-0.4, -0.2) is 67.9 Å². The Morgan fingerprint density at radius 2 is 1.68 bits per heavy atom. The number of rotatable bonds is 6. The molecular weight excluding hydrogens is 494 g/mol. The molecule has 2 aromatic rings. The molecule has 0 saturated carbocycles. The number of piperidine rings is 1. The van der Waals surface area contributed by atoms with Crippen molar-refractivity contribution in [3.05, 3.63) is 58.6 Å². The van der Waals surface area contributed by atoms with Gasteiger partial charge in [0.1, 0.15) is 11.5 Å². The molecule has 37 heavy (non-hydrogen) atoms. The first-order valence-corrected chi connectivity index (χ1v) is 12.7. The Hall–Kier alpha value is -3.52. The maximum absolute atomic E-state index is 13.2. The van der Waals surface area contributed by atoms with Crippen LogP contribution in [-0.2, 0) is 9.59 Å². The Balaban J connectivity index is 1.37. The number of likely N-dealkylation sites (tertiary alicyclic amines) is 2. The Labute approximate surface area is 222 Å². The average Bonchev–Trinajstić information content (AvgIpc) is 3.30. The fourth-order valence-electron chi connectivity index (χ4n) is 5.11. The number of carbonyl (C=O) groups excluding carboxylic acids is 3. The van der Waals surface area contributed by atoms with Crippen LogP contribution in [0, 0.1) is 5.41 Å². The van der Waals surface area contributed by atoms with Gasteiger partial charge in [0, 0.05) is 49.9 Å². The minimum absolute atomic E-state index is 0.0142. The summed E-state index contributed by atoms with van der Waals surface area (Å²) in [5, 5.41) is 3.25. The number of ether oxygens (including phenoxy) is 2. The highest BCUT2D eigenvalue weighted by atomic mass is 35.5. The Morgan fingerprint density at radius 1 is 0.973 bits per heavy atom. The second-order valence-electron chi connectivity index (χ2n) is 9.61. The van der Waals surface area contributed by atoms with Crippen molar-refractivity contribution in [1.82, 2.24) is 9.80 Å². The smallest absolute Gasteiger partial charge is 0.257 e.